The summed E-state index contributed by atoms with van der Waals surface area (Å²) in [6.07, 6.45) is 0.842. The van der Waals surface area contributed by atoms with Crippen LogP contribution in [0.15, 0.2) is 18.2 Å². The zero-order valence-electron chi connectivity index (χ0n) is 9.09. The number of para-hydroxylation sites is 1. The van der Waals surface area contributed by atoms with Crippen molar-refractivity contribution in [3.05, 3.63) is 29.3 Å². The minimum Gasteiger partial charge on any atom is -0.392 e. The van der Waals surface area contributed by atoms with Crippen LogP contribution in [-0.4, -0.2) is 24.3 Å². The zero-order valence-corrected chi connectivity index (χ0v) is 9.09. The monoisotopic (exact) mass is 206 g/mol. The summed E-state index contributed by atoms with van der Waals surface area (Å²) in [6, 6.07) is 6.41. The number of rotatable bonds is 4. The van der Waals surface area contributed by atoms with Crippen LogP contribution >= 0.6 is 0 Å². The van der Waals surface area contributed by atoms with Gasteiger partial charge in [-0.3, -0.25) is 0 Å². The number of benzene rings is 1. The highest BCUT2D eigenvalue weighted by Gasteiger charge is 2.12. The molecule has 3 N–H and O–H groups in total. The van der Waals surface area contributed by atoms with Crippen molar-refractivity contribution in [2.75, 3.05) is 18.4 Å². The fourth-order valence-electron chi connectivity index (χ4n) is 1.97. The Balaban J connectivity index is 2.00. The highest BCUT2D eigenvalue weighted by molar-refractivity contribution is 5.61. The van der Waals surface area contributed by atoms with E-state index in [-0.39, 0.29) is 6.10 Å². The number of fused-ring (bicyclic) bond motifs is 1. The Morgan fingerprint density at radius 1 is 1.53 bits per heavy atom. The van der Waals surface area contributed by atoms with E-state index in [1.807, 2.05) is 0 Å². The van der Waals surface area contributed by atoms with Gasteiger partial charge in [-0.25, -0.2) is 0 Å². The fraction of sp³-hybridized carbons (Fsp3) is 0.500. The first-order valence-electron chi connectivity index (χ1n) is 5.51. The van der Waals surface area contributed by atoms with Gasteiger partial charge in [-0.15, -0.1) is 0 Å². The molecule has 3 nitrogen and oxygen atoms in total. The van der Waals surface area contributed by atoms with Crippen molar-refractivity contribution in [1.29, 1.82) is 0 Å². The molecule has 1 unspecified atom stereocenters. The Labute approximate surface area is 90.5 Å². The molecule has 0 amide bonds. The molecule has 0 fully saturated rings. The van der Waals surface area contributed by atoms with Gasteiger partial charge in [-0.1, -0.05) is 18.2 Å². The summed E-state index contributed by atoms with van der Waals surface area (Å²) < 4.78 is 0. The van der Waals surface area contributed by atoms with E-state index in [2.05, 4.69) is 28.8 Å². The molecule has 3 heteroatoms. The molecule has 1 aromatic rings. The summed E-state index contributed by atoms with van der Waals surface area (Å²) in [6.45, 7) is 4.30. The average Bonchev–Trinajstić information content (AvgIpc) is 2.65. The number of hydrogen-bond acceptors (Lipinski definition) is 3. The van der Waals surface area contributed by atoms with Gasteiger partial charge in [-0.05, 0) is 24.5 Å². The molecule has 2 rings (SSSR count). The van der Waals surface area contributed by atoms with Crippen LogP contribution in [-0.2, 0) is 13.0 Å². The maximum Gasteiger partial charge on any atom is 0.0636 e. The largest absolute Gasteiger partial charge is 0.392 e. The van der Waals surface area contributed by atoms with Crippen LogP contribution in [0.25, 0.3) is 0 Å². The first-order valence-corrected chi connectivity index (χ1v) is 5.51. The van der Waals surface area contributed by atoms with E-state index in [1.165, 1.54) is 16.8 Å². The van der Waals surface area contributed by atoms with E-state index >= 15 is 0 Å². The van der Waals surface area contributed by atoms with Crippen molar-refractivity contribution < 1.29 is 5.11 Å². The van der Waals surface area contributed by atoms with Crippen molar-refractivity contribution in [3.63, 3.8) is 0 Å². The summed E-state index contributed by atoms with van der Waals surface area (Å²) in [4.78, 5) is 0. The molecule has 1 atom stereocenters. The fourth-order valence-corrected chi connectivity index (χ4v) is 1.97. The number of aliphatic hydroxyl groups excluding tert-OH is 1. The molecule has 0 aliphatic carbocycles. The van der Waals surface area contributed by atoms with Gasteiger partial charge in [-0.2, -0.15) is 0 Å². The Morgan fingerprint density at radius 3 is 3.20 bits per heavy atom. The van der Waals surface area contributed by atoms with Crippen LogP contribution in [0.1, 0.15) is 18.1 Å². The quantitative estimate of drug-likeness (QED) is 0.692. The van der Waals surface area contributed by atoms with E-state index in [4.69, 9.17) is 5.11 Å². The highest BCUT2D eigenvalue weighted by atomic mass is 16.3. The molecule has 0 aromatic heterocycles. The molecule has 1 aromatic carbocycles. The van der Waals surface area contributed by atoms with Crippen LogP contribution in [0.4, 0.5) is 5.69 Å². The lowest BCUT2D eigenvalue weighted by atomic mass is 10.1. The van der Waals surface area contributed by atoms with Gasteiger partial charge < -0.3 is 15.7 Å². The molecule has 0 spiro atoms. The number of hydrogen-bond donors (Lipinski definition) is 3. The van der Waals surface area contributed by atoms with Gasteiger partial charge in [0.05, 0.1) is 6.10 Å². The van der Waals surface area contributed by atoms with Gasteiger partial charge in [0.2, 0.25) is 0 Å². The molecular formula is C12H18N2O. The molecule has 1 aliphatic rings. The van der Waals surface area contributed by atoms with Crippen LogP contribution in [0, 0.1) is 0 Å². The summed E-state index contributed by atoms with van der Waals surface area (Å²) in [7, 11) is 0. The first kappa shape index (κ1) is 10.5. The van der Waals surface area contributed by atoms with Crippen molar-refractivity contribution in [1.82, 2.24) is 5.32 Å². The topological polar surface area (TPSA) is 44.3 Å². The van der Waals surface area contributed by atoms with E-state index < -0.39 is 0 Å². The van der Waals surface area contributed by atoms with Gasteiger partial charge in [0.15, 0.2) is 0 Å². The molecule has 15 heavy (non-hydrogen) atoms. The molecule has 0 saturated heterocycles. The van der Waals surface area contributed by atoms with Gasteiger partial charge in [0.1, 0.15) is 0 Å². The number of aliphatic hydroxyl groups is 1. The Bertz CT molecular complexity index is 336. The zero-order chi connectivity index (χ0) is 10.7. The lowest BCUT2D eigenvalue weighted by Crippen LogP contribution is -2.24. The maximum atomic E-state index is 9.15. The summed E-state index contributed by atoms with van der Waals surface area (Å²) in [5.74, 6) is 0. The van der Waals surface area contributed by atoms with Crippen molar-refractivity contribution in [3.8, 4) is 0 Å². The SMILES string of the molecule is CC(O)CNCc1cccc2c1NCC2. The molecule has 0 radical (unpaired) electrons. The smallest absolute Gasteiger partial charge is 0.0636 e. The lowest BCUT2D eigenvalue weighted by molar-refractivity contribution is 0.191. The average molecular weight is 206 g/mol. The lowest BCUT2D eigenvalue weighted by Gasteiger charge is -2.11. The third-order valence-corrected chi connectivity index (χ3v) is 2.69. The van der Waals surface area contributed by atoms with Crippen LogP contribution in [0.3, 0.4) is 0 Å². The summed E-state index contributed by atoms with van der Waals surface area (Å²) in [5, 5.41) is 15.8. The van der Waals surface area contributed by atoms with E-state index in [0.717, 1.165) is 19.5 Å². The normalized spacial score (nSPS) is 15.9. The van der Waals surface area contributed by atoms with Crippen LogP contribution < -0.4 is 10.6 Å². The van der Waals surface area contributed by atoms with Crippen molar-refractivity contribution in [2.45, 2.75) is 26.0 Å². The predicted octanol–water partition coefficient (Wildman–Crippen LogP) is 1.13. The third-order valence-electron chi connectivity index (χ3n) is 2.69. The van der Waals surface area contributed by atoms with Crippen LogP contribution in [0.2, 0.25) is 0 Å². The maximum absolute atomic E-state index is 9.15. The molecule has 0 bridgehead atoms. The first-order chi connectivity index (χ1) is 7.27. The summed E-state index contributed by atoms with van der Waals surface area (Å²) >= 11 is 0. The summed E-state index contributed by atoms with van der Waals surface area (Å²) in [5.41, 5.74) is 3.99. The number of anilines is 1. The van der Waals surface area contributed by atoms with Crippen LogP contribution in [0.5, 0.6) is 0 Å². The Morgan fingerprint density at radius 2 is 2.40 bits per heavy atom. The molecular weight excluding hydrogens is 188 g/mol. The molecule has 1 aliphatic heterocycles. The van der Waals surface area contributed by atoms with E-state index in [1.54, 1.807) is 6.92 Å². The van der Waals surface area contributed by atoms with Gasteiger partial charge in [0.25, 0.3) is 0 Å². The van der Waals surface area contributed by atoms with Crippen molar-refractivity contribution >= 4 is 5.69 Å². The van der Waals surface area contributed by atoms with Crippen molar-refractivity contribution in [2.24, 2.45) is 0 Å². The standard InChI is InChI=1S/C12H18N2O/c1-9(15)7-13-8-11-4-2-3-10-5-6-14-12(10)11/h2-4,9,13-15H,5-8H2,1H3. The molecule has 0 saturated carbocycles. The second kappa shape index (κ2) is 4.64. The highest BCUT2D eigenvalue weighted by Crippen LogP contribution is 2.25. The van der Waals surface area contributed by atoms with Gasteiger partial charge >= 0.3 is 0 Å². The van der Waals surface area contributed by atoms with Gasteiger partial charge in [0, 0.05) is 25.3 Å². The second-order valence-corrected chi connectivity index (χ2v) is 4.11. The minimum absolute atomic E-state index is 0.283. The minimum atomic E-state index is -0.283. The predicted molar refractivity (Wildman–Crippen MR) is 62.0 cm³/mol. The molecule has 82 valence electrons. The molecule has 1 heterocycles. The number of nitrogens with one attached hydrogen (secondary N) is 2. The third kappa shape index (κ3) is 2.49. The Kier molecular flexibility index (Phi) is 3.23. The van der Waals surface area contributed by atoms with E-state index in [0.29, 0.717) is 6.54 Å². The van der Waals surface area contributed by atoms with E-state index in [9.17, 15) is 0 Å². The second-order valence-electron chi connectivity index (χ2n) is 4.11. The Hall–Kier alpha value is -1.06.